The standard InChI is InChI=1S/C35H36Cl3N3O4S/c1-4-25(3)39-35(43)33(21-26-11-6-5-7-12-26)40(22-30-31(37)14-9-15-32(30)38)34(42)23-41(28-13-8-10-24(2)20-28)46(44,45)29-18-16-27(36)17-19-29/h5-20,25,33H,4,21-23H2,1-3H3,(H,39,43)/t25-,33+/m1/s1. The van der Waals surface area contributed by atoms with Gasteiger partial charge in [0.1, 0.15) is 12.6 Å². The highest BCUT2D eigenvalue weighted by Crippen LogP contribution is 2.29. The number of hydrogen-bond acceptors (Lipinski definition) is 4. The molecule has 0 aliphatic heterocycles. The maximum absolute atomic E-state index is 14.6. The number of carbonyl (C=O) groups is 2. The predicted molar refractivity (Wildman–Crippen MR) is 186 cm³/mol. The molecule has 0 aliphatic carbocycles. The van der Waals surface area contributed by atoms with Crippen molar-refractivity contribution in [2.24, 2.45) is 0 Å². The summed E-state index contributed by atoms with van der Waals surface area (Å²) in [6.07, 6.45) is 0.847. The van der Waals surface area contributed by atoms with E-state index >= 15 is 0 Å². The number of nitrogens with one attached hydrogen (secondary N) is 1. The average Bonchev–Trinajstić information content (AvgIpc) is 3.03. The quantitative estimate of drug-likeness (QED) is 0.155. The van der Waals surface area contributed by atoms with E-state index in [4.69, 9.17) is 34.8 Å². The molecule has 2 atom stereocenters. The summed E-state index contributed by atoms with van der Waals surface area (Å²) >= 11 is 19.2. The Morgan fingerprint density at radius 3 is 2.09 bits per heavy atom. The van der Waals surface area contributed by atoms with Crippen molar-refractivity contribution in [1.29, 1.82) is 0 Å². The largest absolute Gasteiger partial charge is 0.352 e. The number of hydrogen-bond donors (Lipinski definition) is 1. The smallest absolute Gasteiger partial charge is 0.264 e. The topological polar surface area (TPSA) is 86.8 Å². The number of sulfonamides is 1. The van der Waals surface area contributed by atoms with Crippen molar-refractivity contribution in [2.45, 2.75) is 57.1 Å². The molecule has 0 saturated heterocycles. The van der Waals surface area contributed by atoms with Crippen LogP contribution in [0.2, 0.25) is 15.1 Å². The fourth-order valence-corrected chi connectivity index (χ4v) is 6.94. The summed E-state index contributed by atoms with van der Waals surface area (Å²) in [5.41, 5.74) is 2.36. The van der Waals surface area contributed by atoms with Gasteiger partial charge in [-0.25, -0.2) is 8.42 Å². The highest BCUT2D eigenvalue weighted by atomic mass is 35.5. The molecule has 0 aromatic heterocycles. The summed E-state index contributed by atoms with van der Waals surface area (Å²) in [6, 6.07) is 25.7. The van der Waals surface area contributed by atoms with Crippen LogP contribution in [0.1, 0.15) is 37.0 Å². The highest BCUT2D eigenvalue weighted by molar-refractivity contribution is 7.92. The van der Waals surface area contributed by atoms with E-state index in [1.165, 1.54) is 29.2 Å². The van der Waals surface area contributed by atoms with Crippen LogP contribution in [0.3, 0.4) is 0 Å². The minimum absolute atomic E-state index is 0.0396. The van der Waals surface area contributed by atoms with Crippen LogP contribution in [0, 0.1) is 6.92 Å². The number of benzene rings is 4. The van der Waals surface area contributed by atoms with Gasteiger partial charge >= 0.3 is 0 Å². The number of rotatable bonds is 13. The van der Waals surface area contributed by atoms with Gasteiger partial charge in [-0.2, -0.15) is 0 Å². The molecule has 0 radical (unpaired) electrons. The van der Waals surface area contributed by atoms with E-state index in [1.807, 2.05) is 57.2 Å². The lowest BCUT2D eigenvalue weighted by molar-refractivity contribution is -0.140. The van der Waals surface area contributed by atoms with Crippen molar-refractivity contribution < 1.29 is 18.0 Å². The fourth-order valence-electron chi connectivity index (χ4n) is 4.89. The first-order chi connectivity index (χ1) is 21.9. The molecule has 4 rings (SSSR count). The lowest BCUT2D eigenvalue weighted by Crippen LogP contribution is -2.54. The molecule has 2 amide bonds. The maximum Gasteiger partial charge on any atom is 0.264 e. The average molecular weight is 701 g/mol. The number of anilines is 1. The molecular formula is C35H36Cl3N3O4S. The van der Waals surface area contributed by atoms with Crippen LogP contribution in [0.4, 0.5) is 5.69 Å². The summed E-state index contributed by atoms with van der Waals surface area (Å²) in [4.78, 5) is 29.9. The molecule has 0 fully saturated rings. The summed E-state index contributed by atoms with van der Waals surface area (Å²) in [5.74, 6) is -0.993. The van der Waals surface area contributed by atoms with Crippen molar-refractivity contribution in [3.05, 3.63) is 129 Å². The van der Waals surface area contributed by atoms with E-state index in [0.29, 0.717) is 32.7 Å². The second kappa shape index (κ2) is 15.8. The van der Waals surface area contributed by atoms with Crippen LogP contribution in [0.25, 0.3) is 0 Å². The van der Waals surface area contributed by atoms with Crippen molar-refractivity contribution in [2.75, 3.05) is 10.8 Å². The summed E-state index contributed by atoms with van der Waals surface area (Å²) in [7, 11) is -4.26. The number of halogens is 3. The highest BCUT2D eigenvalue weighted by Gasteiger charge is 2.35. The third kappa shape index (κ3) is 8.82. The number of amides is 2. The Labute approximate surface area is 286 Å². The fraction of sp³-hybridized carbons (Fsp3) is 0.257. The second-order valence-electron chi connectivity index (χ2n) is 11.0. The first kappa shape index (κ1) is 35.3. The Hall–Kier alpha value is -3.56. The molecule has 46 heavy (non-hydrogen) atoms. The zero-order valence-electron chi connectivity index (χ0n) is 25.8. The van der Waals surface area contributed by atoms with Gasteiger partial charge < -0.3 is 10.2 Å². The number of nitrogens with zero attached hydrogens (tertiary/aromatic N) is 2. The zero-order valence-corrected chi connectivity index (χ0v) is 28.9. The molecule has 0 heterocycles. The Kier molecular flexibility index (Phi) is 12.1. The van der Waals surface area contributed by atoms with E-state index < -0.39 is 28.5 Å². The van der Waals surface area contributed by atoms with Crippen LogP contribution in [-0.4, -0.2) is 43.8 Å². The lowest BCUT2D eigenvalue weighted by atomic mass is 10.0. The Morgan fingerprint density at radius 1 is 0.848 bits per heavy atom. The van der Waals surface area contributed by atoms with Gasteiger partial charge in [0.15, 0.2) is 0 Å². The van der Waals surface area contributed by atoms with Crippen molar-refractivity contribution in [3.63, 3.8) is 0 Å². The summed E-state index contributed by atoms with van der Waals surface area (Å²) in [5, 5.41) is 4.01. The first-order valence-electron chi connectivity index (χ1n) is 14.8. The van der Waals surface area contributed by atoms with Crippen LogP contribution in [0.15, 0.2) is 102 Å². The minimum Gasteiger partial charge on any atom is -0.352 e. The molecular weight excluding hydrogens is 665 g/mol. The molecule has 0 unspecified atom stereocenters. The molecule has 4 aromatic rings. The van der Waals surface area contributed by atoms with E-state index in [0.717, 1.165) is 15.4 Å². The molecule has 0 spiro atoms. The van der Waals surface area contributed by atoms with Crippen molar-refractivity contribution >= 4 is 62.3 Å². The van der Waals surface area contributed by atoms with Crippen LogP contribution >= 0.6 is 34.8 Å². The van der Waals surface area contributed by atoms with Gasteiger partial charge in [-0.3, -0.25) is 13.9 Å². The Bertz CT molecular complexity index is 1750. The van der Waals surface area contributed by atoms with Gasteiger partial charge in [0.25, 0.3) is 10.0 Å². The molecule has 0 aliphatic rings. The predicted octanol–water partition coefficient (Wildman–Crippen LogP) is 7.71. The lowest BCUT2D eigenvalue weighted by Gasteiger charge is -2.34. The molecule has 0 saturated carbocycles. The molecule has 1 N–H and O–H groups in total. The van der Waals surface area contributed by atoms with E-state index in [9.17, 15) is 18.0 Å². The SMILES string of the molecule is CC[C@@H](C)NC(=O)[C@H](Cc1ccccc1)N(Cc1c(Cl)cccc1Cl)C(=O)CN(c1cccc(C)c1)S(=O)(=O)c1ccc(Cl)cc1. The molecule has 4 aromatic carbocycles. The van der Waals surface area contributed by atoms with E-state index in [2.05, 4.69) is 5.32 Å². The Morgan fingerprint density at radius 2 is 1.48 bits per heavy atom. The van der Waals surface area contributed by atoms with Gasteiger partial charge in [0.2, 0.25) is 11.8 Å². The minimum atomic E-state index is -4.26. The van der Waals surface area contributed by atoms with Crippen molar-refractivity contribution in [1.82, 2.24) is 10.2 Å². The molecule has 11 heteroatoms. The van der Waals surface area contributed by atoms with Crippen LogP contribution in [0.5, 0.6) is 0 Å². The molecule has 7 nitrogen and oxygen atoms in total. The molecule has 0 bridgehead atoms. The van der Waals surface area contributed by atoms with Gasteiger partial charge in [0, 0.05) is 39.6 Å². The van der Waals surface area contributed by atoms with E-state index in [-0.39, 0.29) is 29.8 Å². The maximum atomic E-state index is 14.6. The van der Waals surface area contributed by atoms with E-state index in [1.54, 1.807) is 36.4 Å². The third-order valence-electron chi connectivity index (χ3n) is 7.63. The number of carbonyl (C=O) groups excluding carboxylic acids is 2. The monoisotopic (exact) mass is 699 g/mol. The Balaban J connectivity index is 1.84. The normalized spacial score (nSPS) is 12.7. The zero-order chi connectivity index (χ0) is 33.4. The van der Waals surface area contributed by atoms with Crippen LogP contribution < -0.4 is 9.62 Å². The summed E-state index contributed by atoms with van der Waals surface area (Å²) < 4.78 is 29.4. The second-order valence-corrected chi connectivity index (χ2v) is 14.2. The van der Waals surface area contributed by atoms with Gasteiger partial charge in [-0.15, -0.1) is 0 Å². The summed E-state index contributed by atoms with van der Waals surface area (Å²) in [6.45, 7) is 4.93. The van der Waals surface area contributed by atoms with Crippen LogP contribution in [-0.2, 0) is 32.6 Å². The molecule has 242 valence electrons. The number of aryl methyl sites for hydroxylation is 1. The third-order valence-corrected chi connectivity index (χ3v) is 10.4. The van der Waals surface area contributed by atoms with Gasteiger partial charge in [-0.05, 0) is 79.9 Å². The first-order valence-corrected chi connectivity index (χ1v) is 17.4. The van der Waals surface area contributed by atoms with Gasteiger partial charge in [0.05, 0.1) is 10.6 Å². The van der Waals surface area contributed by atoms with Crippen molar-refractivity contribution in [3.8, 4) is 0 Å². The van der Waals surface area contributed by atoms with Gasteiger partial charge in [-0.1, -0.05) is 90.3 Å².